The first-order valence-electron chi connectivity index (χ1n) is 6.78. The lowest BCUT2D eigenvalue weighted by Gasteiger charge is -2.19. The molecule has 0 atom stereocenters. The quantitative estimate of drug-likeness (QED) is 0.837. The summed E-state index contributed by atoms with van der Waals surface area (Å²) >= 11 is 0. The number of rotatable bonds is 2. The first-order chi connectivity index (χ1) is 9.47. The van der Waals surface area contributed by atoms with Crippen LogP contribution in [0.25, 0.3) is 0 Å². The van der Waals surface area contributed by atoms with Crippen molar-refractivity contribution >= 4 is 5.69 Å². The van der Waals surface area contributed by atoms with Crippen molar-refractivity contribution in [2.45, 2.75) is 26.2 Å². The molecule has 20 heavy (non-hydrogen) atoms. The Labute approximate surface area is 119 Å². The third-order valence-electron chi connectivity index (χ3n) is 3.68. The van der Waals surface area contributed by atoms with E-state index in [1.165, 1.54) is 0 Å². The molecule has 0 saturated heterocycles. The first-order valence-corrected chi connectivity index (χ1v) is 6.78. The average molecular weight is 269 g/mol. The van der Waals surface area contributed by atoms with Crippen LogP contribution in [0.4, 0.5) is 5.69 Å². The molecule has 0 saturated carbocycles. The molecule has 1 aliphatic rings. The number of nitrogens with two attached hydrogens (primary N) is 1. The van der Waals surface area contributed by atoms with Crippen LogP contribution in [0.1, 0.15) is 25.0 Å². The minimum Gasteiger partial charge on any atom is -0.492 e. The van der Waals surface area contributed by atoms with Crippen LogP contribution < -0.4 is 15.2 Å². The second kappa shape index (κ2) is 4.44. The normalized spacial score (nSPS) is 15.6. The topological polar surface area (TPSA) is 44.5 Å². The lowest BCUT2D eigenvalue weighted by molar-refractivity contribution is 0.289. The molecule has 0 bridgehead atoms. The largest absolute Gasteiger partial charge is 0.492 e. The van der Waals surface area contributed by atoms with Crippen LogP contribution in [0.3, 0.4) is 0 Å². The SMILES string of the molecule is Cc1ccc(Oc2ccc(N)cc2)c2c1OCC2(C)C. The minimum atomic E-state index is -0.0372. The van der Waals surface area contributed by atoms with Crippen molar-refractivity contribution in [2.24, 2.45) is 0 Å². The van der Waals surface area contributed by atoms with Gasteiger partial charge in [-0.2, -0.15) is 0 Å². The summed E-state index contributed by atoms with van der Waals surface area (Å²) in [6, 6.07) is 11.5. The molecule has 0 aliphatic carbocycles. The summed E-state index contributed by atoms with van der Waals surface area (Å²) < 4.78 is 11.9. The van der Waals surface area contributed by atoms with Crippen molar-refractivity contribution in [3.63, 3.8) is 0 Å². The van der Waals surface area contributed by atoms with E-state index < -0.39 is 0 Å². The van der Waals surface area contributed by atoms with Gasteiger partial charge in [0, 0.05) is 16.7 Å². The third kappa shape index (κ3) is 2.09. The fourth-order valence-corrected chi connectivity index (χ4v) is 2.57. The molecule has 3 nitrogen and oxygen atoms in total. The van der Waals surface area contributed by atoms with Gasteiger partial charge < -0.3 is 15.2 Å². The Balaban J connectivity index is 2.03. The Morgan fingerprint density at radius 2 is 1.80 bits per heavy atom. The number of ether oxygens (including phenoxy) is 2. The summed E-state index contributed by atoms with van der Waals surface area (Å²) in [5, 5.41) is 0. The smallest absolute Gasteiger partial charge is 0.135 e. The van der Waals surface area contributed by atoms with E-state index in [0.29, 0.717) is 6.61 Å². The minimum absolute atomic E-state index is 0.0372. The molecule has 104 valence electrons. The molecule has 0 unspecified atom stereocenters. The average Bonchev–Trinajstić information content (AvgIpc) is 2.73. The van der Waals surface area contributed by atoms with Crippen molar-refractivity contribution in [1.82, 2.24) is 0 Å². The van der Waals surface area contributed by atoms with Gasteiger partial charge >= 0.3 is 0 Å². The maximum absolute atomic E-state index is 6.03. The fraction of sp³-hybridized carbons (Fsp3) is 0.294. The highest BCUT2D eigenvalue weighted by Gasteiger charge is 2.36. The molecule has 2 aromatic carbocycles. The Morgan fingerprint density at radius 1 is 1.10 bits per heavy atom. The van der Waals surface area contributed by atoms with Crippen LogP contribution in [-0.2, 0) is 5.41 Å². The van der Waals surface area contributed by atoms with Crippen molar-refractivity contribution in [3.8, 4) is 17.2 Å². The number of hydrogen-bond donors (Lipinski definition) is 1. The zero-order valence-electron chi connectivity index (χ0n) is 12.1. The molecule has 0 amide bonds. The fourth-order valence-electron chi connectivity index (χ4n) is 2.57. The summed E-state index contributed by atoms with van der Waals surface area (Å²) in [5.74, 6) is 2.61. The van der Waals surface area contributed by atoms with Crippen molar-refractivity contribution < 1.29 is 9.47 Å². The molecule has 0 aromatic heterocycles. The first kappa shape index (κ1) is 12.9. The molecule has 0 spiro atoms. The molecule has 0 radical (unpaired) electrons. The van der Waals surface area contributed by atoms with E-state index in [1.807, 2.05) is 36.4 Å². The highest BCUT2D eigenvalue weighted by molar-refractivity contribution is 5.57. The second-order valence-corrected chi connectivity index (χ2v) is 5.93. The zero-order valence-corrected chi connectivity index (χ0v) is 12.1. The lowest BCUT2D eigenvalue weighted by Crippen LogP contribution is -2.18. The van der Waals surface area contributed by atoms with Gasteiger partial charge in [-0.15, -0.1) is 0 Å². The molecule has 1 aliphatic heterocycles. The molecule has 3 heteroatoms. The number of anilines is 1. The number of aryl methyl sites for hydroxylation is 1. The summed E-state index contributed by atoms with van der Waals surface area (Å²) in [6.45, 7) is 7.10. The third-order valence-corrected chi connectivity index (χ3v) is 3.68. The number of nitrogen functional groups attached to an aromatic ring is 1. The van der Waals surface area contributed by atoms with E-state index in [9.17, 15) is 0 Å². The second-order valence-electron chi connectivity index (χ2n) is 5.93. The van der Waals surface area contributed by atoms with Crippen LogP contribution in [0.5, 0.6) is 17.2 Å². The molecule has 2 aromatic rings. The van der Waals surface area contributed by atoms with Crippen LogP contribution in [0.2, 0.25) is 0 Å². The van der Waals surface area contributed by atoms with Crippen LogP contribution in [0.15, 0.2) is 36.4 Å². The number of benzene rings is 2. The van der Waals surface area contributed by atoms with Gasteiger partial charge in [0.05, 0.1) is 6.61 Å². The van der Waals surface area contributed by atoms with Gasteiger partial charge in [-0.1, -0.05) is 19.9 Å². The standard InChI is InChI=1S/C17H19NO2/c1-11-4-9-14(15-16(11)19-10-17(15,2)3)20-13-7-5-12(18)6-8-13/h4-9H,10,18H2,1-3H3. The predicted octanol–water partition coefficient (Wildman–Crippen LogP) is 4.04. The molecular weight excluding hydrogens is 250 g/mol. The number of fused-ring (bicyclic) bond motifs is 1. The van der Waals surface area contributed by atoms with Gasteiger partial charge in [0.15, 0.2) is 0 Å². The van der Waals surface area contributed by atoms with E-state index >= 15 is 0 Å². The Morgan fingerprint density at radius 3 is 2.50 bits per heavy atom. The van der Waals surface area contributed by atoms with Crippen molar-refractivity contribution in [3.05, 3.63) is 47.5 Å². The summed E-state index contributed by atoms with van der Waals surface area (Å²) in [7, 11) is 0. The molecule has 2 N–H and O–H groups in total. The van der Waals surface area contributed by atoms with Crippen molar-refractivity contribution in [2.75, 3.05) is 12.3 Å². The van der Waals surface area contributed by atoms with Crippen molar-refractivity contribution in [1.29, 1.82) is 0 Å². The van der Waals surface area contributed by atoms with Gasteiger partial charge in [0.1, 0.15) is 17.2 Å². The maximum atomic E-state index is 6.03. The van der Waals surface area contributed by atoms with Crippen LogP contribution >= 0.6 is 0 Å². The van der Waals surface area contributed by atoms with Gasteiger partial charge in [-0.25, -0.2) is 0 Å². The predicted molar refractivity (Wildman–Crippen MR) is 80.6 cm³/mol. The Hall–Kier alpha value is -2.16. The lowest BCUT2D eigenvalue weighted by atomic mass is 9.85. The number of hydrogen-bond acceptors (Lipinski definition) is 3. The van der Waals surface area contributed by atoms with E-state index in [1.54, 1.807) is 0 Å². The Kier molecular flexibility index (Phi) is 2.85. The monoisotopic (exact) mass is 269 g/mol. The molecular formula is C17H19NO2. The summed E-state index contributed by atoms with van der Waals surface area (Å²) in [6.07, 6.45) is 0. The van der Waals surface area contributed by atoms with Crippen LogP contribution in [-0.4, -0.2) is 6.61 Å². The van der Waals surface area contributed by atoms with Crippen LogP contribution in [0, 0.1) is 6.92 Å². The zero-order chi connectivity index (χ0) is 14.3. The molecule has 0 fully saturated rings. The summed E-state index contributed by atoms with van der Waals surface area (Å²) in [4.78, 5) is 0. The highest BCUT2D eigenvalue weighted by atomic mass is 16.5. The van der Waals surface area contributed by atoms with E-state index in [-0.39, 0.29) is 5.41 Å². The van der Waals surface area contributed by atoms with Gasteiger partial charge in [-0.3, -0.25) is 0 Å². The Bertz CT molecular complexity index is 645. The molecule has 1 heterocycles. The van der Waals surface area contributed by atoms with Gasteiger partial charge in [0.25, 0.3) is 0 Å². The summed E-state index contributed by atoms with van der Waals surface area (Å²) in [5.41, 5.74) is 8.69. The highest BCUT2D eigenvalue weighted by Crippen LogP contribution is 2.47. The van der Waals surface area contributed by atoms with E-state index in [0.717, 1.165) is 34.1 Å². The van der Waals surface area contributed by atoms with E-state index in [2.05, 4.69) is 20.8 Å². The molecule has 3 rings (SSSR count). The van der Waals surface area contributed by atoms with Gasteiger partial charge in [-0.05, 0) is 42.8 Å². The van der Waals surface area contributed by atoms with Gasteiger partial charge in [0.2, 0.25) is 0 Å². The van der Waals surface area contributed by atoms with E-state index in [4.69, 9.17) is 15.2 Å². The maximum Gasteiger partial charge on any atom is 0.135 e.